The van der Waals surface area contributed by atoms with Crippen LogP contribution >= 0.6 is 0 Å². The number of likely N-dealkylation sites (N-methyl/N-ethyl adjacent to an activating group) is 1. The maximum atomic E-state index is 15.2. The summed E-state index contributed by atoms with van der Waals surface area (Å²) in [7, 11) is 3.43. The van der Waals surface area contributed by atoms with E-state index in [2.05, 4.69) is 20.5 Å². The number of benzene rings is 3. The van der Waals surface area contributed by atoms with E-state index in [0.717, 1.165) is 19.2 Å². The summed E-state index contributed by atoms with van der Waals surface area (Å²) in [6.45, 7) is 2.58. The predicted octanol–water partition coefficient (Wildman–Crippen LogP) is 5.42. The molecule has 1 saturated heterocycles. The van der Waals surface area contributed by atoms with Gasteiger partial charge in [-0.2, -0.15) is 0 Å². The molecule has 2 aliphatic rings. The van der Waals surface area contributed by atoms with Gasteiger partial charge in [0.15, 0.2) is 23.1 Å². The third kappa shape index (κ3) is 6.40. The van der Waals surface area contributed by atoms with Gasteiger partial charge in [0.1, 0.15) is 17.0 Å². The van der Waals surface area contributed by atoms with Crippen LogP contribution in [0.3, 0.4) is 0 Å². The fourth-order valence-electron chi connectivity index (χ4n) is 5.10. The number of nitrogens with zero attached hydrogens (tertiary/aromatic N) is 3. The maximum absolute atomic E-state index is 15.2. The number of fused-ring (bicyclic) bond motifs is 1. The van der Waals surface area contributed by atoms with E-state index in [1.807, 2.05) is 7.05 Å². The molecule has 2 N–H and O–H groups in total. The number of hydrogen-bond acceptors (Lipinski definition) is 8. The van der Waals surface area contributed by atoms with E-state index in [9.17, 15) is 18.8 Å². The van der Waals surface area contributed by atoms with Crippen LogP contribution in [0.1, 0.15) is 12.8 Å². The number of nitrogens with one attached hydrogen (secondary N) is 2. The average Bonchev–Trinajstić information content (AvgIpc) is 3.86. The van der Waals surface area contributed by atoms with E-state index in [1.165, 1.54) is 49.7 Å². The van der Waals surface area contributed by atoms with E-state index in [0.29, 0.717) is 42.5 Å². The highest BCUT2D eigenvalue weighted by molar-refractivity contribution is 6.16. The molecule has 0 unspecified atom stereocenters. The molecule has 0 bridgehead atoms. The molecule has 11 nitrogen and oxygen atoms in total. The summed E-state index contributed by atoms with van der Waals surface area (Å²) in [5, 5.41) is 5.74. The summed E-state index contributed by atoms with van der Waals surface area (Å²) in [6, 6.07) is 13.9. The lowest BCUT2D eigenvalue weighted by atomic mass is 10.0. The van der Waals surface area contributed by atoms with Gasteiger partial charge < -0.3 is 34.6 Å². The minimum absolute atomic E-state index is 0.120. The highest BCUT2D eigenvalue weighted by atomic mass is 19.1. The molecule has 238 valence electrons. The van der Waals surface area contributed by atoms with Crippen molar-refractivity contribution in [1.29, 1.82) is 0 Å². The predicted molar refractivity (Wildman–Crippen MR) is 165 cm³/mol. The van der Waals surface area contributed by atoms with E-state index < -0.39 is 35.0 Å². The molecule has 4 aromatic rings. The number of carbonyl (C=O) groups is 3. The fourth-order valence-corrected chi connectivity index (χ4v) is 5.10. The van der Waals surface area contributed by atoms with Crippen LogP contribution in [0, 0.1) is 17.0 Å². The van der Waals surface area contributed by atoms with Crippen molar-refractivity contribution in [3.05, 3.63) is 78.5 Å². The van der Waals surface area contributed by atoms with Gasteiger partial charge in [-0.1, -0.05) is 0 Å². The van der Waals surface area contributed by atoms with Crippen LogP contribution in [0.25, 0.3) is 10.9 Å². The first-order valence-corrected chi connectivity index (χ1v) is 14.6. The van der Waals surface area contributed by atoms with Crippen molar-refractivity contribution in [3.63, 3.8) is 0 Å². The third-order valence-corrected chi connectivity index (χ3v) is 8.08. The zero-order chi connectivity index (χ0) is 32.4. The Hall–Kier alpha value is -5.30. The molecule has 1 aliphatic carbocycles. The number of methoxy groups -OCH3 is 1. The molecule has 13 heteroatoms. The Morgan fingerprint density at radius 1 is 0.804 bits per heavy atom. The Morgan fingerprint density at radius 3 is 2.13 bits per heavy atom. The second-order valence-corrected chi connectivity index (χ2v) is 11.2. The highest BCUT2D eigenvalue weighted by Crippen LogP contribution is 2.47. The SMILES string of the molecule is COc1cc2c(Oc3ccc(NC(=O)C4(C(=O)Nc5ccc(F)cc5)CC4)cc3F)ccnc2cc1OC(=O)N1CCN(C)CC1. The fraction of sp³-hybridized carbons (Fsp3) is 0.273. The van der Waals surface area contributed by atoms with Crippen molar-refractivity contribution in [2.24, 2.45) is 5.41 Å². The first-order valence-electron chi connectivity index (χ1n) is 14.6. The Kier molecular flexibility index (Phi) is 8.41. The van der Waals surface area contributed by atoms with Gasteiger partial charge in [0.05, 0.1) is 12.6 Å². The largest absolute Gasteiger partial charge is 0.493 e. The van der Waals surface area contributed by atoms with Crippen LogP contribution in [0.4, 0.5) is 25.0 Å². The van der Waals surface area contributed by atoms with Crippen molar-refractivity contribution in [1.82, 2.24) is 14.8 Å². The molecule has 2 fully saturated rings. The number of piperazine rings is 1. The zero-order valence-electron chi connectivity index (χ0n) is 25.1. The molecule has 6 rings (SSSR count). The molecule has 1 aromatic heterocycles. The molecule has 1 aliphatic heterocycles. The number of amides is 3. The minimum Gasteiger partial charge on any atom is -0.493 e. The number of halogens is 2. The molecular formula is C33H31F2N5O6. The van der Waals surface area contributed by atoms with E-state index in [4.69, 9.17) is 14.2 Å². The molecular weight excluding hydrogens is 600 g/mol. The molecule has 0 atom stereocenters. The van der Waals surface area contributed by atoms with Crippen LogP contribution in [-0.4, -0.2) is 73.0 Å². The Balaban J connectivity index is 1.15. The summed E-state index contributed by atoms with van der Waals surface area (Å²) >= 11 is 0. The van der Waals surface area contributed by atoms with Crippen LogP contribution in [0.2, 0.25) is 0 Å². The lowest BCUT2D eigenvalue weighted by Crippen LogP contribution is -2.48. The van der Waals surface area contributed by atoms with Crippen molar-refractivity contribution in [2.45, 2.75) is 12.8 Å². The van der Waals surface area contributed by atoms with E-state index >= 15 is 4.39 Å². The molecule has 46 heavy (non-hydrogen) atoms. The molecule has 0 radical (unpaired) electrons. The van der Waals surface area contributed by atoms with Crippen molar-refractivity contribution in [2.75, 3.05) is 51.0 Å². The van der Waals surface area contributed by atoms with Crippen LogP contribution in [-0.2, 0) is 9.59 Å². The lowest BCUT2D eigenvalue weighted by Gasteiger charge is -2.31. The van der Waals surface area contributed by atoms with Gasteiger partial charge in [-0.3, -0.25) is 14.6 Å². The van der Waals surface area contributed by atoms with Crippen LogP contribution in [0.5, 0.6) is 23.0 Å². The molecule has 0 spiro atoms. The zero-order valence-corrected chi connectivity index (χ0v) is 25.1. The van der Waals surface area contributed by atoms with Gasteiger partial charge in [0.25, 0.3) is 0 Å². The third-order valence-electron chi connectivity index (χ3n) is 8.08. The van der Waals surface area contributed by atoms with E-state index in [1.54, 1.807) is 23.1 Å². The summed E-state index contributed by atoms with van der Waals surface area (Å²) in [4.78, 5) is 46.8. The monoisotopic (exact) mass is 631 g/mol. The van der Waals surface area contributed by atoms with Gasteiger partial charge in [-0.25, -0.2) is 13.6 Å². The van der Waals surface area contributed by atoms with Gasteiger partial charge in [0, 0.05) is 61.3 Å². The number of hydrogen-bond donors (Lipinski definition) is 2. The molecule has 3 amide bonds. The Morgan fingerprint density at radius 2 is 1.48 bits per heavy atom. The Bertz CT molecular complexity index is 1810. The molecule has 3 aromatic carbocycles. The second kappa shape index (κ2) is 12.6. The van der Waals surface area contributed by atoms with Crippen molar-refractivity contribution in [3.8, 4) is 23.0 Å². The van der Waals surface area contributed by atoms with Gasteiger partial charge in [-0.15, -0.1) is 0 Å². The topological polar surface area (TPSA) is 122 Å². The van der Waals surface area contributed by atoms with Gasteiger partial charge >= 0.3 is 6.09 Å². The quantitative estimate of drug-likeness (QED) is 0.248. The summed E-state index contributed by atoms with van der Waals surface area (Å²) < 4.78 is 45.5. The number of carbonyl (C=O) groups excluding carboxylic acids is 3. The van der Waals surface area contributed by atoms with Crippen LogP contribution in [0.15, 0.2) is 66.9 Å². The standard InChI is InChI=1S/C33H31F2N5O6/c1-39-13-15-40(16-14-39)32(43)46-29-19-25-23(18-28(29)44-2)26(9-12-36-25)45-27-8-7-22(17-24(27)35)38-31(42)33(10-11-33)30(41)37-21-5-3-20(34)4-6-21/h3-9,12,17-19H,10-11,13-16H2,1-2H3,(H,37,41)(H,38,42). The van der Waals surface area contributed by atoms with Gasteiger partial charge in [-0.05, 0) is 68.4 Å². The van der Waals surface area contributed by atoms with Crippen molar-refractivity contribution >= 4 is 40.2 Å². The number of pyridine rings is 1. The second-order valence-electron chi connectivity index (χ2n) is 11.2. The number of ether oxygens (including phenoxy) is 3. The summed E-state index contributed by atoms with van der Waals surface area (Å²) in [5.41, 5.74) is -0.365. The number of anilines is 2. The van der Waals surface area contributed by atoms with Gasteiger partial charge in [0.2, 0.25) is 11.8 Å². The lowest BCUT2D eigenvalue weighted by molar-refractivity contribution is -0.131. The van der Waals surface area contributed by atoms with Crippen LogP contribution < -0.4 is 24.8 Å². The molecule has 2 heterocycles. The maximum Gasteiger partial charge on any atom is 0.415 e. The average molecular weight is 632 g/mol. The minimum atomic E-state index is -1.30. The van der Waals surface area contributed by atoms with Crippen molar-refractivity contribution < 1.29 is 37.4 Å². The first-order chi connectivity index (χ1) is 22.1. The number of rotatable bonds is 8. The van der Waals surface area contributed by atoms with E-state index in [-0.39, 0.29) is 28.7 Å². The number of aromatic nitrogens is 1. The normalized spacial score (nSPS) is 15.6. The Labute approximate surface area is 263 Å². The highest BCUT2D eigenvalue weighted by Gasteiger charge is 2.56. The molecule has 1 saturated carbocycles. The smallest absolute Gasteiger partial charge is 0.415 e. The first kappa shape index (κ1) is 30.7. The summed E-state index contributed by atoms with van der Waals surface area (Å²) in [6.07, 6.45) is 1.64. The summed E-state index contributed by atoms with van der Waals surface area (Å²) in [5.74, 6) is -1.69.